The molecule has 1 saturated carbocycles. The molecule has 0 amide bonds. The van der Waals surface area contributed by atoms with Gasteiger partial charge in [0.2, 0.25) is 0 Å². The van der Waals surface area contributed by atoms with E-state index in [0.29, 0.717) is 5.92 Å². The van der Waals surface area contributed by atoms with E-state index in [0.717, 1.165) is 25.2 Å². The number of aliphatic hydroxyl groups is 1. The average molecular weight is 199 g/mol. The van der Waals surface area contributed by atoms with Crippen LogP contribution in [0.25, 0.3) is 0 Å². The molecule has 0 radical (unpaired) electrons. The molecule has 84 valence electrons. The summed E-state index contributed by atoms with van der Waals surface area (Å²) in [6, 6.07) is 0. The second kappa shape index (κ2) is 4.63. The Kier molecular flexibility index (Phi) is 3.96. The third kappa shape index (κ3) is 3.97. The summed E-state index contributed by atoms with van der Waals surface area (Å²) in [5.41, 5.74) is 5.83. The fourth-order valence-electron chi connectivity index (χ4n) is 2.05. The molecule has 14 heavy (non-hydrogen) atoms. The Bertz CT molecular complexity index is 175. The predicted molar refractivity (Wildman–Crippen MR) is 60.0 cm³/mol. The zero-order valence-corrected chi connectivity index (χ0v) is 9.79. The van der Waals surface area contributed by atoms with Crippen molar-refractivity contribution in [1.29, 1.82) is 0 Å². The van der Waals surface area contributed by atoms with Crippen LogP contribution in [0.2, 0.25) is 0 Å². The van der Waals surface area contributed by atoms with E-state index in [9.17, 15) is 5.11 Å². The second-order valence-electron chi connectivity index (χ2n) is 5.42. The smallest absolute Gasteiger partial charge is 0.0560 e. The second-order valence-corrected chi connectivity index (χ2v) is 5.42. The van der Waals surface area contributed by atoms with Gasteiger partial charge in [-0.05, 0) is 50.9 Å². The summed E-state index contributed by atoms with van der Waals surface area (Å²) in [7, 11) is 0. The standard InChI is InChI=1S/C12H25NO/c1-4-12(3,13)8-11(14)7-9(2)10-5-6-10/h9-11,14H,4-8,13H2,1-3H3. The van der Waals surface area contributed by atoms with E-state index in [1.54, 1.807) is 0 Å². The number of hydrogen-bond acceptors (Lipinski definition) is 2. The van der Waals surface area contributed by atoms with Crippen LogP contribution in [-0.4, -0.2) is 16.7 Å². The molecule has 0 aromatic heterocycles. The van der Waals surface area contributed by atoms with Crippen molar-refractivity contribution in [3.8, 4) is 0 Å². The molecular weight excluding hydrogens is 174 g/mol. The van der Waals surface area contributed by atoms with Gasteiger partial charge in [0, 0.05) is 5.54 Å². The van der Waals surface area contributed by atoms with Crippen LogP contribution in [0.4, 0.5) is 0 Å². The molecule has 1 aliphatic carbocycles. The summed E-state index contributed by atoms with van der Waals surface area (Å²) in [6.45, 7) is 6.36. The number of hydrogen-bond donors (Lipinski definition) is 2. The van der Waals surface area contributed by atoms with Gasteiger partial charge in [-0.15, -0.1) is 0 Å². The highest BCUT2D eigenvalue weighted by Gasteiger charge is 2.30. The molecule has 3 atom stereocenters. The summed E-state index contributed by atoms with van der Waals surface area (Å²) in [4.78, 5) is 0. The lowest BCUT2D eigenvalue weighted by Gasteiger charge is -2.27. The van der Waals surface area contributed by atoms with Gasteiger partial charge in [0.05, 0.1) is 6.10 Å². The summed E-state index contributed by atoms with van der Waals surface area (Å²) in [5, 5.41) is 9.88. The molecule has 2 nitrogen and oxygen atoms in total. The average Bonchev–Trinajstić information content (AvgIpc) is 2.84. The van der Waals surface area contributed by atoms with Crippen molar-refractivity contribution in [2.24, 2.45) is 17.6 Å². The maximum Gasteiger partial charge on any atom is 0.0560 e. The van der Waals surface area contributed by atoms with Crippen LogP contribution < -0.4 is 5.73 Å². The van der Waals surface area contributed by atoms with Crippen molar-refractivity contribution in [2.45, 2.75) is 64.5 Å². The minimum absolute atomic E-state index is 0.192. The molecule has 0 aliphatic heterocycles. The molecule has 2 heteroatoms. The van der Waals surface area contributed by atoms with Crippen molar-refractivity contribution in [2.75, 3.05) is 0 Å². The van der Waals surface area contributed by atoms with Crippen LogP contribution in [0.15, 0.2) is 0 Å². The van der Waals surface area contributed by atoms with Crippen LogP contribution in [0.3, 0.4) is 0 Å². The van der Waals surface area contributed by atoms with E-state index in [1.807, 2.05) is 6.92 Å². The van der Waals surface area contributed by atoms with E-state index >= 15 is 0 Å². The lowest BCUT2D eigenvalue weighted by Crippen LogP contribution is -2.39. The normalized spacial score (nSPS) is 25.5. The van der Waals surface area contributed by atoms with Gasteiger partial charge >= 0.3 is 0 Å². The van der Waals surface area contributed by atoms with Crippen molar-refractivity contribution < 1.29 is 5.11 Å². The molecule has 1 fully saturated rings. The first-order chi connectivity index (χ1) is 6.44. The van der Waals surface area contributed by atoms with E-state index in [-0.39, 0.29) is 11.6 Å². The predicted octanol–water partition coefficient (Wildman–Crippen LogP) is 2.30. The molecule has 3 N–H and O–H groups in total. The fourth-order valence-corrected chi connectivity index (χ4v) is 2.05. The van der Waals surface area contributed by atoms with Gasteiger partial charge in [-0.25, -0.2) is 0 Å². The van der Waals surface area contributed by atoms with Crippen molar-refractivity contribution in [3.63, 3.8) is 0 Å². The Labute approximate surface area is 87.9 Å². The minimum atomic E-state index is -0.208. The number of nitrogens with two attached hydrogens (primary N) is 1. The van der Waals surface area contributed by atoms with Crippen LogP contribution in [-0.2, 0) is 0 Å². The van der Waals surface area contributed by atoms with Crippen molar-refractivity contribution in [1.82, 2.24) is 0 Å². The largest absolute Gasteiger partial charge is 0.393 e. The number of aliphatic hydroxyl groups excluding tert-OH is 1. The summed E-state index contributed by atoms with van der Waals surface area (Å²) in [5.74, 6) is 1.56. The first-order valence-corrected chi connectivity index (χ1v) is 5.91. The fraction of sp³-hybridized carbons (Fsp3) is 1.00. The van der Waals surface area contributed by atoms with E-state index < -0.39 is 0 Å². The van der Waals surface area contributed by atoms with Gasteiger partial charge in [0.15, 0.2) is 0 Å². The van der Waals surface area contributed by atoms with Gasteiger partial charge in [0.25, 0.3) is 0 Å². The van der Waals surface area contributed by atoms with Crippen molar-refractivity contribution in [3.05, 3.63) is 0 Å². The first kappa shape index (κ1) is 12.0. The summed E-state index contributed by atoms with van der Waals surface area (Å²) < 4.78 is 0. The Hall–Kier alpha value is -0.0800. The van der Waals surface area contributed by atoms with E-state index in [2.05, 4.69) is 13.8 Å². The highest BCUT2D eigenvalue weighted by Crippen LogP contribution is 2.39. The molecule has 1 aliphatic rings. The van der Waals surface area contributed by atoms with Gasteiger partial charge in [0.1, 0.15) is 0 Å². The SMILES string of the molecule is CCC(C)(N)CC(O)CC(C)C1CC1. The van der Waals surface area contributed by atoms with Crippen molar-refractivity contribution >= 4 is 0 Å². The number of rotatable bonds is 6. The highest BCUT2D eigenvalue weighted by molar-refractivity contribution is 4.84. The molecule has 1 rings (SSSR count). The summed E-state index contributed by atoms with van der Waals surface area (Å²) in [6.07, 6.45) is 5.11. The molecule has 0 aromatic carbocycles. The first-order valence-electron chi connectivity index (χ1n) is 5.91. The Morgan fingerprint density at radius 1 is 1.50 bits per heavy atom. The van der Waals surface area contributed by atoms with Gasteiger partial charge < -0.3 is 10.8 Å². The van der Waals surface area contributed by atoms with Gasteiger partial charge in [-0.2, -0.15) is 0 Å². The lowest BCUT2D eigenvalue weighted by atomic mass is 9.88. The third-order valence-corrected chi connectivity index (χ3v) is 3.58. The maximum atomic E-state index is 9.88. The third-order valence-electron chi connectivity index (χ3n) is 3.58. The summed E-state index contributed by atoms with van der Waals surface area (Å²) >= 11 is 0. The van der Waals surface area contributed by atoms with Crippen LogP contribution in [0.5, 0.6) is 0 Å². The molecule has 0 heterocycles. The van der Waals surface area contributed by atoms with E-state index in [4.69, 9.17) is 5.73 Å². The van der Waals surface area contributed by atoms with Gasteiger partial charge in [-0.3, -0.25) is 0 Å². The molecule has 0 aromatic rings. The van der Waals surface area contributed by atoms with Crippen LogP contribution in [0.1, 0.15) is 52.9 Å². The maximum absolute atomic E-state index is 9.88. The van der Waals surface area contributed by atoms with Crippen LogP contribution >= 0.6 is 0 Å². The molecule has 0 bridgehead atoms. The molecule has 3 unspecified atom stereocenters. The Morgan fingerprint density at radius 3 is 2.50 bits per heavy atom. The Balaban J connectivity index is 2.23. The lowest BCUT2D eigenvalue weighted by molar-refractivity contribution is 0.106. The van der Waals surface area contributed by atoms with E-state index in [1.165, 1.54) is 12.8 Å². The molecule has 0 saturated heterocycles. The van der Waals surface area contributed by atoms with Gasteiger partial charge in [-0.1, -0.05) is 13.8 Å². The minimum Gasteiger partial charge on any atom is -0.393 e. The molecular formula is C12H25NO. The quantitative estimate of drug-likeness (QED) is 0.689. The molecule has 0 spiro atoms. The Morgan fingerprint density at radius 2 is 2.07 bits per heavy atom. The zero-order chi connectivity index (χ0) is 10.8. The monoisotopic (exact) mass is 199 g/mol. The topological polar surface area (TPSA) is 46.2 Å². The van der Waals surface area contributed by atoms with Crippen LogP contribution in [0, 0.1) is 11.8 Å². The zero-order valence-electron chi connectivity index (χ0n) is 9.79. The highest BCUT2D eigenvalue weighted by atomic mass is 16.3.